The first-order valence-corrected chi connectivity index (χ1v) is 14.0. The van der Waals surface area contributed by atoms with Crippen LogP contribution in [0.3, 0.4) is 0 Å². The van der Waals surface area contributed by atoms with Crippen LogP contribution in [-0.4, -0.2) is 53.6 Å². The molecule has 236 valence electrons. The molecule has 0 aromatic heterocycles. The Morgan fingerprint density at radius 2 is 0.953 bits per heavy atom. The summed E-state index contributed by atoms with van der Waals surface area (Å²) < 4.78 is 0. The molecule has 0 heterocycles. The Bertz CT molecular complexity index is 1260. The van der Waals surface area contributed by atoms with Gasteiger partial charge in [-0.2, -0.15) is 14.7 Å². The third kappa shape index (κ3) is 10.8. The predicted octanol–water partition coefficient (Wildman–Crippen LogP) is 6.42. The van der Waals surface area contributed by atoms with Gasteiger partial charge in [0.1, 0.15) is 16.8 Å². The first-order chi connectivity index (χ1) is 19.8. The van der Waals surface area contributed by atoms with Gasteiger partial charge in [-0.3, -0.25) is 19.5 Å². The lowest BCUT2D eigenvalue weighted by Crippen LogP contribution is -2.28. The van der Waals surface area contributed by atoms with Crippen molar-refractivity contribution in [3.8, 4) is 0 Å². The molecule has 0 atom stereocenters. The Morgan fingerprint density at radius 1 is 0.581 bits per heavy atom. The molecular weight excluding hydrogens is 558 g/mol. The lowest BCUT2D eigenvalue weighted by molar-refractivity contribution is -0.303. The van der Waals surface area contributed by atoms with Crippen LogP contribution in [0.4, 0.5) is 5.69 Å². The first-order valence-electron chi connectivity index (χ1n) is 14.0. The lowest BCUT2D eigenvalue weighted by atomic mass is 9.93. The predicted molar refractivity (Wildman–Crippen MR) is 159 cm³/mol. The van der Waals surface area contributed by atoms with E-state index in [9.17, 15) is 19.2 Å². The second-order valence-electron chi connectivity index (χ2n) is 12.7. The maximum Gasteiger partial charge on any atom is 0.374 e. The minimum absolute atomic E-state index is 0.103. The Kier molecular flexibility index (Phi) is 11.6. The van der Waals surface area contributed by atoms with Crippen molar-refractivity contribution in [2.75, 3.05) is 18.0 Å². The van der Waals surface area contributed by atoms with Crippen molar-refractivity contribution in [3.05, 3.63) is 64.2 Å². The van der Waals surface area contributed by atoms with Crippen molar-refractivity contribution >= 4 is 29.4 Å². The zero-order chi connectivity index (χ0) is 32.8. The van der Waals surface area contributed by atoms with E-state index in [1.807, 2.05) is 13.8 Å². The fourth-order valence-electron chi connectivity index (χ4n) is 3.51. The summed E-state index contributed by atoms with van der Waals surface area (Å²) in [6.07, 6.45) is 0. The van der Waals surface area contributed by atoms with Gasteiger partial charge in [-0.15, -0.1) is 0 Å². The molecule has 0 aliphatic carbocycles. The molecule has 43 heavy (non-hydrogen) atoms. The minimum Gasteiger partial charge on any atom is -0.372 e. The molecule has 0 saturated carbocycles. The van der Waals surface area contributed by atoms with Gasteiger partial charge in [-0.1, -0.05) is 0 Å². The molecule has 0 fully saturated rings. The minimum atomic E-state index is -1.21. The molecule has 0 aliphatic heterocycles. The summed E-state index contributed by atoms with van der Waals surface area (Å²) in [7, 11) is 0. The average Bonchev–Trinajstić information content (AvgIpc) is 2.92. The number of hydrogen-bond donors (Lipinski definition) is 0. The fraction of sp³-hybridized carbons (Fsp3) is 0.500. The van der Waals surface area contributed by atoms with Crippen LogP contribution in [0.25, 0.3) is 0 Å². The van der Waals surface area contributed by atoms with Crippen LogP contribution >= 0.6 is 0 Å². The highest BCUT2D eigenvalue weighted by Crippen LogP contribution is 2.26. The molecular formula is C32H43NO10. The van der Waals surface area contributed by atoms with Gasteiger partial charge in [0.2, 0.25) is 0 Å². The van der Waals surface area contributed by atoms with Gasteiger partial charge in [0.25, 0.3) is 0 Å². The van der Waals surface area contributed by atoms with E-state index in [-0.39, 0.29) is 11.1 Å². The van der Waals surface area contributed by atoms with Gasteiger partial charge < -0.3 is 4.90 Å². The number of nitrogens with zero attached hydrogens (tertiary/aromatic N) is 1. The van der Waals surface area contributed by atoms with Crippen molar-refractivity contribution in [2.24, 2.45) is 0 Å². The van der Waals surface area contributed by atoms with Gasteiger partial charge >= 0.3 is 17.9 Å². The molecule has 0 amide bonds. The van der Waals surface area contributed by atoms with Crippen molar-refractivity contribution in [2.45, 2.75) is 93.0 Å². The number of carbonyl (C=O) groups is 4. The smallest absolute Gasteiger partial charge is 0.372 e. The molecule has 0 bridgehead atoms. The van der Waals surface area contributed by atoms with Gasteiger partial charge in [0, 0.05) is 29.9 Å². The van der Waals surface area contributed by atoms with E-state index in [1.165, 1.54) is 0 Å². The number of carbonyl (C=O) groups excluding carboxylic acids is 4. The summed E-state index contributed by atoms with van der Waals surface area (Å²) in [5.41, 5.74) is -3.18. The highest BCUT2D eigenvalue weighted by molar-refractivity contribution is 6.15. The zero-order valence-electron chi connectivity index (χ0n) is 26.9. The molecule has 2 aromatic carbocycles. The van der Waals surface area contributed by atoms with Gasteiger partial charge in [0.15, 0.2) is 5.78 Å². The van der Waals surface area contributed by atoms with Crippen LogP contribution in [0.2, 0.25) is 0 Å². The van der Waals surface area contributed by atoms with Crippen LogP contribution in [0.5, 0.6) is 0 Å². The second kappa shape index (κ2) is 14.1. The molecule has 2 aromatic rings. The topological polar surface area (TPSA) is 127 Å². The van der Waals surface area contributed by atoms with Crippen LogP contribution in [0, 0.1) is 0 Å². The van der Waals surface area contributed by atoms with Gasteiger partial charge in [-0.05, 0) is 113 Å². The van der Waals surface area contributed by atoms with E-state index in [2.05, 4.69) is 4.90 Å². The van der Waals surface area contributed by atoms with E-state index in [1.54, 1.807) is 86.6 Å². The SMILES string of the molecule is CCN(CC)c1ccc(C(=O)c2cc(C(=O)OOC(C)(C)C)c(C(=O)OOC(C)(C)C)c(C(=O)OOC(C)(C)C)c2)cc1. The van der Waals surface area contributed by atoms with Gasteiger partial charge in [-0.25, -0.2) is 14.4 Å². The summed E-state index contributed by atoms with van der Waals surface area (Å²) in [6.45, 7) is 20.3. The van der Waals surface area contributed by atoms with Crippen LogP contribution < -0.4 is 4.90 Å². The monoisotopic (exact) mass is 601 g/mol. The van der Waals surface area contributed by atoms with Crippen LogP contribution in [0.1, 0.15) is 123 Å². The maximum absolute atomic E-state index is 13.7. The molecule has 0 unspecified atom stereocenters. The Morgan fingerprint density at radius 3 is 1.30 bits per heavy atom. The summed E-state index contributed by atoms with van der Waals surface area (Å²) in [5.74, 6) is -4.05. The second-order valence-corrected chi connectivity index (χ2v) is 12.7. The summed E-state index contributed by atoms with van der Waals surface area (Å²) in [6, 6.07) is 9.13. The highest BCUT2D eigenvalue weighted by atomic mass is 17.2. The van der Waals surface area contributed by atoms with Crippen LogP contribution in [0.15, 0.2) is 36.4 Å². The summed E-state index contributed by atoms with van der Waals surface area (Å²) in [5, 5.41) is 0. The molecule has 11 heteroatoms. The van der Waals surface area contributed by atoms with Crippen LogP contribution in [-0.2, 0) is 29.3 Å². The van der Waals surface area contributed by atoms with E-state index in [0.717, 1.165) is 30.9 Å². The van der Waals surface area contributed by atoms with Crippen molar-refractivity contribution in [1.82, 2.24) is 0 Å². The summed E-state index contributed by atoms with van der Waals surface area (Å²) >= 11 is 0. The number of benzene rings is 2. The van der Waals surface area contributed by atoms with Crippen molar-refractivity contribution < 1.29 is 48.5 Å². The molecule has 0 N–H and O–H groups in total. The highest BCUT2D eigenvalue weighted by Gasteiger charge is 2.33. The average molecular weight is 602 g/mol. The van der Waals surface area contributed by atoms with Crippen molar-refractivity contribution in [1.29, 1.82) is 0 Å². The quantitative estimate of drug-likeness (QED) is 0.161. The standard InChI is InChI=1S/C32H43NO10/c1-12-33(13-2)22-16-14-20(15-17-22)26(34)21-18-23(27(35)38-41-30(3,4)5)25(29(37)40-43-32(9,10)11)24(19-21)28(36)39-42-31(6,7)8/h14-19H,12-13H2,1-11H3. The number of rotatable bonds is 11. The van der Waals surface area contributed by atoms with Gasteiger partial charge in [0.05, 0.1) is 16.7 Å². The number of ketones is 1. The normalized spacial score (nSPS) is 12.0. The summed E-state index contributed by atoms with van der Waals surface area (Å²) in [4.78, 5) is 86.2. The fourth-order valence-corrected chi connectivity index (χ4v) is 3.51. The van der Waals surface area contributed by atoms with E-state index in [4.69, 9.17) is 29.3 Å². The van der Waals surface area contributed by atoms with E-state index >= 15 is 0 Å². The zero-order valence-corrected chi connectivity index (χ0v) is 26.9. The largest absolute Gasteiger partial charge is 0.374 e. The molecule has 0 spiro atoms. The molecule has 0 aliphatic rings. The first kappa shape index (κ1) is 35.4. The molecule has 0 radical (unpaired) electrons. The molecule has 11 nitrogen and oxygen atoms in total. The third-order valence-electron chi connectivity index (χ3n) is 5.40. The Hall–Kier alpha value is -3.80. The van der Waals surface area contributed by atoms with Crippen molar-refractivity contribution in [3.63, 3.8) is 0 Å². The Labute approximate surface area is 253 Å². The third-order valence-corrected chi connectivity index (χ3v) is 5.40. The van der Waals surface area contributed by atoms with E-state index in [0.29, 0.717) is 0 Å². The molecule has 0 saturated heterocycles. The Balaban J connectivity index is 2.74. The number of anilines is 1. The maximum atomic E-state index is 13.7. The number of hydrogen-bond acceptors (Lipinski definition) is 11. The van der Waals surface area contributed by atoms with E-state index < -0.39 is 57.2 Å². The lowest BCUT2D eigenvalue weighted by Gasteiger charge is -2.21. The molecule has 2 rings (SSSR count).